The lowest BCUT2D eigenvalue weighted by molar-refractivity contribution is 0.0402. The molecular weight excluding hydrogens is 441 g/mol. The quantitative estimate of drug-likeness (QED) is 0.535. The molecule has 0 spiro atoms. The lowest BCUT2D eigenvalue weighted by atomic mass is 10.0. The van der Waals surface area contributed by atoms with E-state index in [2.05, 4.69) is 25.2 Å². The van der Waals surface area contributed by atoms with Gasteiger partial charge in [0.15, 0.2) is 11.5 Å². The number of piperidine rings is 1. The summed E-state index contributed by atoms with van der Waals surface area (Å²) in [6, 6.07) is 5.32. The zero-order chi connectivity index (χ0) is 23.5. The van der Waals surface area contributed by atoms with Gasteiger partial charge in [-0.3, -0.25) is 9.97 Å². The summed E-state index contributed by atoms with van der Waals surface area (Å²) in [5.41, 5.74) is 2.50. The minimum Gasteiger partial charge on any atom is -0.486 e. The van der Waals surface area contributed by atoms with Crippen LogP contribution in [0.4, 0.5) is 4.39 Å². The molecule has 0 aliphatic carbocycles. The summed E-state index contributed by atoms with van der Waals surface area (Å²) < 4.78 is 30.9. The Morgan fingerprint density at radius 2 is 2.06 bits per heavy atom. The average molecular weight is 470 g/mol. The number of aliphatic hydroxyl groups is 1. The number of hydrogen-bond donors (Lipinski definition) is 2. The van der Waals surface area contributed by atoms with E-state index in [0.717, 1.165) is 18.7 Å². The number of halogens is 1. The monoisotopic (exact) mass is 469 g/mol. The second kappa shape index (κ2) is 10.0. The molecule has 5 heterocycles. The SMILES string of the molecule is COc1ccc2ncc(F)c(CCN3CC[C@@H](NCc4cc5c(cn4)OCCO5)[C@@H](O)C3)c2n1. The van der Waals surface area contributed by atoms with Crippen LogP contribution < -0.4 is 19.5 Å². The Labute approximate surface area is 196 Å². The van der Waals surface area contributed by atoms with E-state index < -0.39 is 6.10 Å². The van der Waals surface area contributed by atoms with Crippen molar-refractivity contribution in [2.24, 2.45) is 0 Å². The van der Waals surface area contributed by atoms with E-state index in [1.54, 1.807) is 18.3 Å². The topological polar surface area (TPSA) is 102 Å². The van der Waals surface area contributed by atoms with Gasteiger partial charge in [-0.1, -0.05) is 0 Å². The van der Waals surface area contributed by atoms with Gasteiger partial charge in [0.05, 0.1) is 42.3 Å². The lowest BCUT2D eigenvalue weighted by Gasteiger charge is -2.36. The molecule has 0 saturated carbocycles. The summed E-state index contributed by atoms with van der Waals surface area (Å²) in [5, 5.41) is 14.1. The molecule has 2 atom stereocenters. The fourth-order valence-electron chi connectivity index (χ4n) is 4.46. The van der Waals surface area contributed by atoms with Crippen LogP contribution in [0.3, 0.4) is 0 Å². The Hall–Kier alpha value is -3.08. The summed E-state index contributed by atoms with van der Waals surface area (Å²) in [6.07, 6.45) is 3.62. The predicted octanol–water partition coefficient (Wildman–Crippen LogP) is 1.71. The Morgan fingerprint density at radius 3 is 2.88 bits per heavy atom. The number of likely N-dealkylation sites (tertiary alicyclic amines) is 1. The molecule has 180 valence electrons. The highest BCUT2D eigenvalue weighted by molar-refractivity contribution is 5.78. The molecule has 2 N–H and O–H groups in total. The minimum atomic E-state index is -0.539. The van der Waals surface area contributed by atoms with Crippen molar-refractivity contribution in [3.05, 3.63) is 47.7 Å². The highest BCUT2D eigenvalue weighted by Gasteiger charge is 2.27. The van der Waals surface area contributed by atoms with Crippen molar-refractivity contribution >= 4 is 11.0 Å². The van der Waals surface area contributed by atoms with E-state index in [1.165, 1.54) is 13.3 Å². The highest BCUT2D eigenvalue weighted by Crippen LogP contribution is 2.29. The summed E-state index contributed by atoms with van der Waals surface area (Å²) in [4.78, 5) is 15.1. The molecule has 2 aliphatic heterocycles. The van der Waals surface area contributed by atoms with Gasteiger partial charge in [-0.2, -0.15) is 0 Å². The maximum Gasteiger partial charge on any atom is 0.213 e. The molecule has 2 aliphatic rings. The van der Waals surface area contributed by atoms with Crippen molar-refractivity contribution in [1.29, 1.82) is 0 Å². The Balaban J connectivity index is 1.16. The Bertz CT molecular complexity index is 1160. The number of β-amino-alcohol motifs (C(OH)–C–C–N with tert-alkyl or cyclic N) is 1. The molecule has 0 unspecified atom stereocenters. The molecule has 0 aromatic carbocycles. The molecule has 0 radical (unpaired) electrons. The summed E-state index contributed by atoms with van der Waals surface area (Å²) >= 11 is 0. The molecule has 0 amide bonds. The van der Waals surface area contributed by atoms with Gasteiger partial charge in [0.2, 0.25) is 5.88 Å². The number of pyridine rings is 3. The van der Waals surface area contributed by atoms with E-state index in [4.69, 9.17) is 14.2 Å². The van der Waals surface area contributed by atoms with Crippen molar-refractivity contribution in [1.82, 2.24) is 25.2 Å². The van der Waals surface area contributed by atoms with Gasteiger partial charge in [0, 0.05) is 43.4 Å². The van der Waals surface area contributed by atoms with Gasteiger partial charge in [-0.05, 0) is 25.5 Å². The second-order valence-electron chi connectivity index (χ2n) is 8.52. The first-order chi connectivity index (χ1) is 16.6. The molecule has 0 bridgehead atoms. The Kier molecular flexibility index (Phi) is 6.70. The molecule has 3 aromatic heterocycles. The van der Waals surface area contributed by atoms with E-state index in [0.29, 0.717) is 73.2 Å². The number of rotatable bonds is 7. The third-order valence-electron chi connectivity index (χ3n) is 6.32. The van der Waals surface area contributed by atoms with Crippen molar-refractivity contribution in [2.45, 2.75) is 31.5 Å². The Morgan fingerprint density at radius 1 is 1.21 bits per heavy atom. The average Bonchev–Trinajstić information content (AvgIpc) is 2.87. The molecule has 1 fully saturated rings. The molecule has 34 heavy (non-hydrogen) atoms. The van der Waals surface area contributed by atoms with Gasteiger partial charge in [0.25, 0.3) is 0 Å². The van der Waals surface area contributed by atoms with Gasteiger partial charge >= 0.3 is 0 Å². The van der Waals surface area contributed by atoms with Gasteiger partial charge in [0.1, 0.15) is 19.0 Å². The third kappa shape index (κ3) is 4.89. The van der Waals surface area contributed by atoms with Crippen LogP contribution in [0, 0.1) is 5.82 Å². The van der Waals surface area contributed by atoms with Crippen molar-refractivity contribution in [3.8, 4) is 17.4 Å². The van der Waals surface area contributed by atoms with Gasteiger partial charge in [-0.15, -0.1) is 0 Å². The van der Waals surface area contributed by atoms with Crippen molar-refractivity contribution in [3.63, 3.8) is 0 Å². The number of methoxy groups -OCH3 is 1. The molecular formula is C24H28FN5O4. The normalized spacial score (nSPS) is 20.4. The standard InChI is InChI=1S/C24H28FN5O4/c1-32-23-3-2-19-24(29-23)16(17(25)12-28-19)4-6-30-7-5-18(20(31)14-30)27-11-15-10-21-22(13-26-15)34-9-8-33-21/h2-3,10,12-13,18,20,27,31H,4-9,11,14H2,1H3/t18-,20+/m1/s1. The van der Waals surface area contributed by atoms with E-state index in [1.807, 2.05) is 6.07 Å². The number of fused-ring (bicyclic) bond motifs is 2. The number of ether oxygens (including phenoxy) is 3. The van der Waals surface area contributed by atoms with Crippen LogP contribution in [-0.2, 0) is 13.0 Å². The number of aliphatic hydroxyl groups excluding tert-OH is 1. The fourth-order valence-corrected chi connectivity index (χ4v) is 4.46. The van der Waals surface area contributed by atoms with Crippen LogP contribution in [0.15, 0.2) is 30.6 Å². The molecule has 9 nitrogen and oxygen atoms in total. The summed E-state index contributed by atoms with van der Waals surface area (Å²) in [7, 11) is 1.53. The smallest absolute Gasteiger partial charge is 0.213 e. The minimum absolute atomic E-state index is 0.0457. The zero-order valence-corrected chi connectivity index (χ0v) is 19.0. The van der Waals surface area contributed by atoms with Crippen molar-refractivity contribution < 1.29 is 23.7 Å². The van der Waals surface area contributed by atoms with Crippen LogP contribution >= 0.6 is 0 Å². The van der Waals surface area contributed by atoms with Crippen LogP contribution in [-0.4, -0.2) is 77.1 Å². The number of hydrogen-bond acceptors (Lipinski definition) is 9. The summed E-state index contributed by atoms with van der Waals surface area (Å²) in [6.45, 7) is 3.51. The van der Waals surface area contributed by atoms with E-state index >= 15 is 0 Å². The van der Waals surface area contributed by atoms with E-state index in [9.17, 15) is 9.50 Å². The zero-order valence-electron chi connectivity index (χ0n) is 19.0. The summed E-state index contributed by atoms with van der Waals surface area (Å²) in [5.74, 6) is 1.42. The van der Waals surface area contributed by atoms with Gasteiger partial charge in [-0.25, -0.2) is 9.37 Å². The maximum absolute atomic E-state index is 14.6. The predicted molar refractivity (Wildman–Crippen MR) is 123 cm³/mol. The van der Waals surface area contributed by atoms with Crippen molar-refractivity contribution in [2.75, 3.05) is 40.0 Å². The first-order valence-corrected chi connectivity index (χ1v) is 11.5. The number of nitrogens with zero attached hydrogens (tertiary/aromatic N) is 4. The molecule has 3 aromatic rings. The first-order valence-electron chi connectivity index (χ1n) is 11.5. The van der Waals surface area contributed by atoms with Crippen LogP contribution in [0.2, 0.25) is 0 Å². The molecule has 1 saturated heterocycles. The highest BCUT2D eigenvalue weighted by atomic mass is 19.1. The van der Waals surface area contributed by atoms with E-state index in [-0.39, 0.29) is 11.9 Å². The van der Waals surface area contributed by atoms with Crippen LogP contribution in [0.1, 0.15) is 17.7 Å². The fraction of sp³-hybridized carbons (Fsp3) is 0.458. The van der Waals surface area contributed by atoms with Crippen LogP contribution in [0.25, 0.3) is 11.0 Å². The number of nitrogens with one attached hydrogen (secondary N) is 1. The lowest BCUT2D eigenvalue weighted by Crippen LogP contribution is -2.52. The largest absolute Gasteiger partial charge is 0.486 e. The number of aromatic nitrogens is 3. The van der Waals surface area contributed by atoms with Crippen LogP contribution in [0.5, 0.6) is 17.4 Å². The van der Waals surface area contributed by atoms with Gasteiger partial charge < -0.3 is 29.5 Å². The molecule has 10 heteroatoms. The third-order valence-corrected chi connectivity index (χ3v) is 6.32. The second-order valence-corrected chi connectivity index (χ2v) is 8.52. The first kappa shape index (κ1) is 22.7. The maximum atomic E-state index is 14.6. The molecule has 5 rings (SSSR count).